The summed E-state index contributed by atoms with van der Waals surface area (Å²) in [5.74, 6) is 1.07. The third kappa shape index (κ3) is 4.28. The van der Waals surface area contributed by atoms with Gasteiger partial charge in [-0.05, 0) is 19.1 Å². The average Bonchev–Trinajstić information content (AvgIpc) is 2.96. The lowest BCUT2D eigenvalue weighted by Crippen LogP contribution is -2.24. The maximum Gasteiger partial charge on any atom is 0.255 e. The predicted molar refractivity (Wildman–Crippen MR) is 112 cm³/mol. The van der Waals surface area contributed by atoms with Gasteiger partial charge in [0.1, 0.15) is 5.82 Å². The fraction of sp³-hybridized carbons (Fsp3) is 0.238. The van der Waals surface area contributed by atoms with Gasteiger partial charge in [-0.25, -0.2) is 4.98 Å². The van der Waals surface area contributed by atoms with Gasteiger partial charge in [-0.15, -0.1) is 0 Å². The molecule has 3 aromatic rings. The molecule has 1 aliphatic rings. The summed E-state index contributed by atoms with van der Waals surface area (Å²) in [5.41, 5.74) is 1.46. The van der Waals surface area contributed by atoms with Crippen LogP contribution in [0.2, 0.25) is 5.02 Å². The maximum absolute atomic E-state index is 12.6. The smallest absolute Gasteiger partial charge is 0.255 e. The van der Waals surface area contributed by atoms with Crippen molar-refractivity contribution in [1.29, 1.82) is 0 Å². The Hall–Kier alpha value is -3.39. The second-order valence-corrected chi connectivity index (χ2v) is 7.18. The quantitative estimate of drug-likeness (QED) is 0.663. The molecule has 8 nitrogen and oxygen atoms in total. The number of pyridine rings is 1. The number of fused-ring (bicyclic) bond motifs is 1. The molecule has 0 spiro atoms. The molecule has 0 saturated heterocycles. The lowest BCUT2D eigenvalue weighted by molar-refractivity contribution is -0.115. The Morgan fingerprint density at radius 3 is 2.73 bits per heavy atom. The monoisotopic (exact) mass is 426 g/mol. The highest BCUT2D eigenvalue weighted by molar-refractivity contribution is 6.34. The van der Waals surface area contributed by atoms with E-state index in [1.54, 1.807) is 43.6 Å². The van der Waals surface area contributed by atoms with Crippen LogP contribution in [-0.2, 0) is 11.2 Å². The van der Waals surface area contributed by atoms with Gasteiger partial charge in [0, 0.05) is 47.8 Å². The van der Waals surface area contributed by atoms with Gasteiger partial charge in [-0.1, -0.05) is 11.6 Å². The van der Waals surface area contributed by atoms with Crippen molar-refractivity contribution in [2.24, 2.45) is 0 Å². The van der Waals surface area contributed by atoms with Crippen molar-refractivity contribution in [3.05, 3.63) is 63.3 Å². The van der Waals surface area contributed by atoms with Crippen molar-refractivity contribution >= 4 is 23.2 Å². The van der Waals surface area contributed by atoms with E-state index in [-0.39, 0.29) is 17.5 Å². The van der Waals surface area contributed by atoms with E-state index in [9.17, 15) is 9.59 Å². The van der Waals surface area contributed by atoms with Crippen molar-refractivity contribution < 1.29 is 14.3 Å². The molecule has 0 bridgehead atoms. The third-order valence-electron chi connectivity index (χ3n) is 4.61. The van der Waals surface area contributed by atoms with Gasteiger partial charge in [0.25, 0.3) is 5.56 Å². The number of hydrogen-bond donors (Lipinski definition) is 2. The highest BCUT2D eigenvalue weighted by Crippen LogP contribution is 2.37. The minimum atomic E-state index is -0.393. The normalized spacial score (nSPS) is 12.9. The molecule has 30 heavy (non-hydrogen) atoms. The molecule has 3 heterocycles. The number of aromatic amines is 1. The number of carbonyl (C=O) groups excluding carboxylic acids is 1. The number of benzene rings is 1. The molecule has 0 aliphatic carbocycles. The summed E-state index contributed by atoms with van der Waals surface area (Å²) < 4.78 is 11.2. The largest absolute Gasteiger partial charge is 0.490 e. The summed E-state index contributed by atoms with van der Waals surface area (Å²) in [6.07, 6.45) is 3.86. The summed E-state index contributed by atoms with van der Waals surface area (Å²) >= 11 is 6.28. The van der Waals surface area contributed by atoms with Crippen LogP contribution in [0.5, 0.6) is 11.5 Å². The van der Waals surface area contributed by atoms with Crippen LogP contribution < -0.4 is 20.3 Å². The molecule has 2 aromatic heterocycles. The molecule has 154 valence electrons. The molecule has 0 saturated carbocycles. The summed E-state index contributed by atoms with van der Waals surface area (Å²) in [4.78, 5) is 36.3. The first-order chi connectivity index (χ1) is 14.5. The molecular weight excluding hydrogens is 408 g/mol. The van der Waals surface area contributed by atoms with Crippen LogP contribution in [0.15, 0.2) is 41.5 Å². The number of nitrogens with zero attached hydrogens (tertiary/aromatic N) is 2. The predicted octanol–water partition coefficient (Wildman–Crippen LogP) is 3.14. The fourth-order valence-corrected chi connectivity index (χ4v) is 3.29. The van der Waals surface area contributed by atoms with Crippen molar-refractivity contribution in [3.8, 4) is 22.9 Å². The van der Waals surface area contributed by atoms with Gasteiger partial charge in [-0.2, -0.15) is 0 Å². The van der Waals surface area contributed by atoms with E-state index in [1.165, 1.54) is 0 Å². The Balaban J connectivity index is 1.53. The molecule has 0 unspecified atom stereocenters. The minimum Gasteiger partial charge on any atom is -0.490 e. The number of aryl methyl sites for hydroxylation is 1. The van der Waals surface area contributed by atoms with Crippen molar-refractivity contribution in [2.75, 3.05) is 18.5 Å². The Bertz CT molecular complexity index is 1150. The molecule has 9 heteroatoms. The molecular formula is C21H19ClN4O4. The standard InChI is InChI=1S/C21H19ClN4O4/c1-12-14(21(28)26-20(24-12)13-4-2-5-23-11-13)8-19(27)25-16-10-18-17(9-15(16)22)29-6-3-7-30-18/h2,4-5,9-11H,3,6-8H2,1H3,(H,25,27)(H,24,26,28). The average molecular weight is 427 g/mol. The second-order valence-electron chi connectivity index (χ2n) is 6.77. The molecule has 2 N–H and O–H groups in total. The van der Waals surface area contributed by atoms with E-state index in [2.05, 4.69) is 20.3 Å². The molecule has 0 radical (unpaired) electrons. The van der Waals surface area contributed by atoms with Gasteiger partial charge >= 0.3 is 0 Å². The molecule has 1 aromatic carbocycles. The molecule has 4 rings (SSSR count). The SMILES string of the molecule is Cc1nc(-c2cccnc2)[nH]c(=O)c1CC(=O)Nc1cc2c(cc1Cl)OCCCO2. The Labute approximate surface area is 177 Å². The van der Waals surface area contributed by atoms with Gasteiger partial charge < -0.3 is 19.8 Å². The zero-order valence-electron chi connectivity index (χ0n) is 16.2. The summed E-state index contributed by atoms with van der Waals surface area (Å²) in [6, 6.07) is 6.79. The number of ether oxygens (including phenoxy) is 2. The van der Waals surface area contributed by atoms with Crippen LogP contribution in [0.25, 0.3) is 11.4 Å². The second kappa shape index (κ2) is 8.54. The zero-order valence-corrected chi connectivity index (χ0v) is 17.0. The van der Waals surface area contributed by atoms with E-state index >= 15 is 0 Å². The van der Waals surface area contributed by atoms with E-state index in [0.717, 1.165) is 6.42 Å². The van der Waals surface area contributed by atoms with E-state index in [0.29, 0.717) is 52.5 Å². The molecule has 0 atom stereocenters. The fourth-order valence-electron chi connectivity index (χ4n) is 3.09. The summed E-state index contributed by atoms with van der Waals surface area (Å²) in [5, 5.41) is 3.06. The van der Waals surface area contributed by atoms with Crippen molar-refractivity contribution in [2.45, 2.75) is 19.8 Å². The first-order valence-electron chi connectivity index (χ1n) is 9.40. The number of anilines is 1. The van der Waals surface area contributed by atoms with Crippen LogP contribution in [0.3, 0.4) is 0 Å². The number of halogens is 1. The van der Waals surface area contributed by atoms with Crippen LogP contribution in [0.1, 0.15) is 17.7 Å². The van der Waals surface area contributed by atoms with Gasteiger partial charge in [0.2, 0.25) is 5.91 Å². The highest BCUT2D eigenvalue weighted by atomic mass is 35.5. The summed E-state index contributed by atoms with van der Waals surface area (Å²) in [7, 11) is 0. The van der Waals surface area contributed by atoms with E-state index < -0.39 is 5.91 Å². The highest BCUT2D eigenvalue weighted by Gasteiger charge is 2.18. The van der Waals surface area contributed by atoms with Gasteiger partial charge in [0.05, 0.1) is 30.3 Å². The van der Waals surface area contributed by atoms with Crippen molar-refractivity contribution in [1.82, 2.24) is 15.0 Å². The molecule has 1 amide bonds. The lowest BCUT2D eigenvalue weighted by atomic mass is 10.1. The van der Waals surface area contributed by atoms with Crippen LogP contribution >= 0.6 is 11.6 Å². The van der Waals surface area contributed by atoms with E-state index in [1.807, 2.05) is 0 Å². The number of rotatable bonds is 4. The first-order valence-corrected chi connectivity index (χ1v) is 9.78. The summed E-state index contributed by atoms with van der Waals surface area (Å²) in [6.45, 7) is 2.75. The third-order valence-corrected chi connectivity index (χ3v) is 4.92. The number of hydrogen-bond acceptors (Lipinski definition) is 6. The lowest BCUT2D eigenvalue weighted by Gasteiger charge is -2.13. The van der Waals surface area contributed by atoms with E-state index in [4.69, 9.17) is 21.1 Å². The van der Waals surface area contributed by atoms with Gasteiger partial charge in [0.15, 0.2) is 11.5 Å². The number of carbonyl (C=O) groups is 1. The van der Waals surface area contributed by atoms with Crippen LogP contribution in [0.4, 0.5) is 5.69 Å². The first kappa shape index (κ1) is 19.9. The van der Waals surface area contributed by atoms with Gasteiger partial charge in [-0.3, -0.25) is 14.6 Å². The number of nitrogens with one attached hydrogen (secondary N) is 2. The molecule has 0 fully saturated rings. The topological polar surface area (TPSA) is 106 Å². The van der Waals surface area contributed by atoms with Crippen LogP contribution in [0, 0.1) is 6.92 Å². The Morgan fingerprint density at radius 1 is 1.27 bits per heavy atom. The minimum absolute atomic E-state index is 0.147. The van der Waals surface area contributed by atoms with Crippen LogP contribution in [-0.4, -0.2) is 34.1 Å². The number of H-pyrrole nitrogens is 1. The zero-order chi connectivity index (χ0) is 21.1. The Morgan fingerprint density at radius 2 is 2.03 bits per heavy atom. The Kier molecular flexibility index (Phi) is 5.67. The number of aromatic nitrogens is 3. The number of amides is 1. The molecule has 1 aliphatic heterocycles. The van der Waals surface area contributed by atoms with Crippen molar-refractivity contribution in [3.63, 3.8) is 0 Å². The maximum atomic E-state index is 12.6.